The molecule has 1 heterocycles. The molecular weight excluding hydrogens is 412 g/mol. The van der Waals surface area contributed by atoms with Crippen LogP contribution in [0.15, 0.2) is 4.99 Å². The molecule has 0 unspecified atom stereocenters. The van der Waals surface area contributed by atoms with E-state index in [4.69, 9.17) is 23.7 Å². The van der Waals surface area contributed by atoms with Gasteiger partial charge in [0, 0.05) is 40.8 Å². The molecule has 5 atom stereocenters. The number of carbonyl (C=O) groups is 4. The molecular formula is C20H32N2O9. The number of hydrogen-bond acceptors (Lipinski definition) is 10. The number of rotatable bonds is 8. The molecule has 176 valence electrons. The van der Waals surface area contributed by atoms with E-state index in [0.29, 0.717) is 18.9 Å². The number of esters is 4. The first-order valence-electron chi connectivity index (χ1n) is 10.1. The zero-order valence-corrected chi connectivity index (χ0v) is 19.1. The maximum Gasteiger partial charge on any atom is 0.303 e. The van der Waals surface area contributed by atoms with Crippen LogP contribution in [0.2, 0.25) is 0 Å². The van der Waals surface area contributed by atoms with Gasteiger partial charge in [-0.25, -0.2) is 4.99 Å². The standard InChI is InChI=1S/C20H32N2O9/c1-8-22(9-2)11(3)21-20-19(30-15(7)26)18(29-14(6)25)17(28-13(5)24)16(31-20)10-27-12(4)23/h16-20H,8-10H2,1-7H3/t16-,17-,18+,19-,20-/m1/s1. The van der Waals surface area contributed by atoms with Crippen molar-refractivity contribution < 1.29 is 42.9 Å². The van der Waals surface area contributed by atoms with Gasteiger partial charge in [0.15, 0.2) is 24.5 Å². The van der Waals surface area contributed by atoms with Gasteiger partial charge in [-0.15, -0.1) is 0 Å². The molecule has 0 saturated carbocycles. The highest BCUT2D eigenvalue weighted by atomic mass is 16.7. The molecule has 0 radical (unpaired) electrons. The van der Waals surface area contributed by atoms with Crippen LogP contribution in [0.25, 0.3) is 0 Å². The van der Waals surface area contributed by atoms with E-state index < -0.39 is 54.5 Å². The van der Waals surface area contributed by atoms with Crippen molar-refractivity contribution in [2.75, 3.05) is 19.7 Å². The highest BCUT2D eigenvalue weighted by Crippen LogP contribution is 2.30. The lowest BCUT2D eigenvalue weighted by Gasteiger charge is -2.43. The summed E-state index contributed by atoms with van der Waals surface area (Å²) < 4.78 is 27.1. The quantitative estimate of drug-likeness (QED) is 0.230. The molecule has 0 amide bonds. The van der Waals surface area contributed by atoms with Gasteiger partial charge in [-0.1, -0.05) is 0 Å². The second-order valence-corrected chi connectivity index (χ2v) is 6.94. The van der Waals surface area contributed by atoms with Crippen molar-refractivity contribution >= 4 is 29.7 Å². The maximum atomic E-state index is 11.8. The molecule has 11 nitrogen and oxygen atoms in total. The summed E-state index contributed by atoms with van der Waals surface area (Å²) in [5.41, 5.74) is 0. The number of carbonyl (C=O) groups excluding carboxylic acids is 4. The van der Waals surface area contributed by atoms with Gasteiger partial charge in [0.05, 0.1) is 5.84 Å². The number of hydrogen-bond donors (Lipinski definition) is 0. The lowest BCUT2D eigenvalue weighted by Crippen LogP contribution is -2.62. The summed E-state index contributed by atoms with van der Waals surface area (Å²) in [6.45, 7) is 11.5. The third kappa shape index (κ3) is 8.16. The Labute approximate surface area is 182 Å². The predicted molar refractivity (Wildman–Crippen MR) is 108 cm³/mol. The third-order valence-corrected chi connectivity index (χ3v) is 4.50. The van der Waals surface area contributed by atoms with Gasteiger partial charge < -0.3 is 28.6 Å². The van der Waals surface area contributed by atoms with Crippen LogP contribution >= 0.6 is 0 Å². The summed E-state index contributed by atoms with van der Waals surface area (Å²) in [6, 6.07) is 0. The zero-order valence-electron chi connectivity index (χ0n) is 19.1. The van der Waals surface area contributed by atoms with E-state index in [0.717, 1.165) is 0 Å². The van der Waals surface area contributed by atoms with Gasteiger partial charge in [-0.3, -0.25) is 19.2 Å². The van der Waals surface area contributed by atoms with Gasteiger partial charge >= 0.3 is 23.9 Å². The van der Waals surface area contributed by atoms with E-state index in [1.807, 2.05) is 18.7 Å². The Kier molecular flexibility index (Phi) is 10.4. The second kappa shape index (κ2) is 12.2. The highest BCUT2D eigenvalue weighted by Gasteiger charge is 2.52. The minimum absolute atomic E-state index is 0.284. The number of ether oxygens (including phenoxy) is 5. The van der Waals surface area contributed by atoms with Crippen LogP contribution in [0.3, 0.4) is 0 Å². The van der Waals surface area contributed by atoms with Crippen LogP contribution in [0.5, 0.6) is 0 Å². The second-order valence-electron chi connectivity index (χ2n) is 6.94. The summed E-state index contributed by atoms with van der Waals surface area (Å²) >= 11 is 0. The minimum Gasteiger partial charge on any atom is -0.463 e. The fourth-order valence-electron chi connectivity index (χ4n) is 3.26. The molecule has 0 N–H and O–H groups in total. The van der Waals surface area contributed by atoms with E-state index >= 15 is 0 Å². The molecule has 1 aliphatic heterocycles. The van der Waals surface area contributed by atoms with Crippen molar-refractivity contribution in [1.29, 1.82) is 0 Å². The van der Waals surface area contributed by atoms with Crippen LogP contribution in [-0.4, -0.2) is 85.0 Å². The monoisotopic (exact) mass is 444 g/mol. The molecule has 0 aromatic heterocycles. The summed E-state index contributed by atoms with van der Waals surface area (Å²) in [6.07, 6.45) is -5.71. The predicted octanol–water partition coefficient (Wildman–Crippen LogP) is 0.830. The largest absolute Gasteiger partial charge is 0.463 e. The van der Waals surface area contributed by atoms with Crippen molar-refractivity contribution in [2.24, 2.45) is 4.99 Å². The summed E-state index contributed by atoms with van der Waals surface area (Å²) in [4.78, 5) is 53.1. The smallest absolute Gasteiger partial charge is 0.303 e. The molecule has 0 aromatic rings. The number of aliphatic imine (C=N–C) groups is 1. The summed E-state index contributed by atoms with van der Waals surface area (Å²) in [5, 5.41) is 0. The molecule has 0 aliphatic carbocycles. The summed E-state index contributed by atoms with van der Waals surface area (Å²) in [5.74, 6) is -2.00. The SMILES string of the molecule is CCN(CC)C(C)=N[C@@H]1O[C@H](COC(C)=O)[C@@H](OC(C)=O)[C@H](OC(C)=O)[C@H]1OC(C)=O. The zero-order chi connectivity index (χ0) is 23.7. The molecule has 1 rings (SSSR count). The molecule has 1 fully saturated rings. The van der Waals surface area contributed by atoms with E-state index in [1.54, 1.807) is 6.92 Å². The first-order chi connectivity index (χ1) is 14.5. The van der Waals surface area contributed by atoms with E-state index in [9.17, 15) is 19.2 Å². The number of amidine groups is 1. The van der Waals surface area contributed by atoms with Gasteiger partial charge in [0.2, 0.25) is 0 Å². The lowest BCUT2D eigenvalue weighted by molar-refractivity contribution is -0.251. The van der Waals surface area contributed by atoms with Gasteiger partial charge in [0.1, 0.15) is 12.7 Å². The summed E-state index contributed by atoms with van der Waals surface area (Å²) in [7, 11) is 0. The highest BCUT2D eigenvalue weighted by molar-refractivity contribution is 5.80. The van der Waals surface area contributed by atoms with Crippen LogP contribution in [0.4, 0.5) is 0 Å². The normalized spacial score (nSPS) is 25.9. The van der Waals surface area contributed by atoms with Crippen LogP contribution < -0.4 is 0 Å². The van der Waals surface area contributed by atoms with E-state index in [-0.39, 0.29) is 6.61 Å². The fourth-order valence-corrected chi connectivity index (χ4v) is 3.26. The lowest BCUT2D eigenvalue weighted by atomic mass is 9.97. The molecule has 1 aliphatic rings. The molecule has 1 saturated heterocycles. The van der Waals surface area contributed by atoms with Gasteiger partial charge in [-0.05, 0) is 20.8 Å². The molecule has 0 bridgehead atoms. The van der Waals surface area contributed by atoms with Crippen LogP contribution in [-0.2, 0) is 42.9 Å². The van der Waals surface area contributed by atoms with Gasteiger partial charge in [-0.2, -0.15) is 0 Å². The van der Waals surface area contributed by atoms with Crippen molar-refractivity contribution in [1.82, 2.24) is 4.90 Å². The average molecular weight is 444 g/mol. The van der Waals surface area contributed by atoms with E-state index in [2.05, 4.69) is 4.99 Å². The van der Waals surface area contributed by atoms with Crippen molar-refractivity contribution in [2.45, 2.75) is 79.1 Å². The van der Waals surface area contributed by atoms with E-state index in [1.165, 1.54) is 27.7 Å². The number of nitrogens with zero attached hydrogens (tertiary/aromatic N) is 2. The third-order valence-electron chi connectivity index (χ3n) is 4.50. The molecule has 0 aromatic carbocycles. The van der Waals surface area contributed by atoms with Crippen molar-refractivity contribution in [3.8, 4) is 0 Å². The van der Waals surface area contributed by atoms with Crippen molar-refractivity contribution in [3.05, 3.63) is 0 Å². The topological polar surface area (TPSA) is 130 Å². The average Bonchev–Trinajstić information content (AvgIpc) is 2.64. The van der Waals surface area contributed by atoms with Crippen LogP contribution in [0.1, 0.15) is 48.5 Å². The first kappa shape index (κ1) is 26.3. The minimum atomic E-state index is -1.22. The Morgan fingerprint density at radius 3 is 1.71 bits per heavy atom. The van der Waals surface area contributed by atoms with Crippen LogP contribution in [0, 0.1) is 0 Å². The maximum absolute atomic E-state index is 11.8. The Morgan fingerprint density at radius 1 is 0.774 bits per heavy atom. The Balaban J connectivity index is 3.45. The molecule has 31 heavy (non-hydrogen) atoms. The molecule has 11 heteroatoms. The Hall–Kier alpha value is -2.69. The van der Waals surface area contributed by atoms with Crippen molar-refractivity contribution in [3.63, 3.8) is 0 Å². The van der Waals surface area contributed by atoms with Gasteiger partial charge in [0.25, 0.3) is 0 Å². The Morgan fingerprint density at radius 2 is 1.26 bits per heavy atom. The Bertz CT molecular complexity index is 690. The molecule has 0 spiro atoms. The first-order valence-corrected chi connectivity index (χ1v) is 10.1. The fraction of sp³-hybridized carbons (Fsp3) is 0.750.